The smallest absolute Gasteiger partial charge is 0.243 e. The Labute approximate surface area is 168 Å². The minimum atomic E-state index is -3.58. The van der Waals surface area contributed by atoms with Gasteiger partial charge in [-0.05, 0) is 48.6 Å². The van der Waals surface area contributed by atoms with E-state index < -0.39 is 10.0 Å². The Bertz CT molecular complexity index is 945. The molecule has 0 saturated carbocycles. The molecule has 0 amide bonds. The van der Waals surface area contributed by atoms with Crippen LogP contribution in [-0.4, -0.2) is 44.8 Å². The molecule has 1 aliphatic heterocycles. The van der Waals surface area contributed by atoms with Crippen LogP contribution in [0.4, 0.5) is 0 Å². The lowest BCUT2D eigenvalue weighted by Crippen LogP contribution is -2.40. The molecule has 142 valence electrons. The SMILES string of the molecule is O=C(/C=C/c1c(Cl)cccc1Cl)c1ccc(S(=O)(=O)N2CCOCC2)cc1. The van der Waals surface area contributed by atoms with Gasteiger partial charge in [0.15, 0.2) is 5.78 Å². The zero-order valence-electron chi connectivity index (χ0n) is 14.3. The van der Waals surface area contributed by atoms with Crippen molar-refractivity contribution >= 4 is 45.1 Å². The Morgan fingerprint density at radius 1 is 1.00 bits per heavy atom. The molecule has 0 aromatic heterocycles. The Hall–Kier alpha value is -1.70. The summed E-state index contributed by atoms with van der Waals surface area (Å²) in [7, 11) is -3.58. The van der Waals surface area contributed by atoms with Crippen molar-refractivity contribution in [3.63, 3.8) is 0 Å². The number of hydrogen-bond acceptors (Lipinski definition) is 4. The van der Waals surface area contributed by atoms with Gasteiger partial charge in [0.1, 0.15) is 0 Å². The third kappa shape index (κ3) is 4.59. The van der Waals surface area contributed by atoms with Gasteiger partial charge in [-0.2, -0.15) is 4.31 Å². The van der Waals surface area contributed by atoms with Gasteiger partial charge < -0.3 is 4.74 Å². The van der Waals surface area contributed by atoms with Crippen molar-refractivity contribution in [2.24, 2.45) is 0 Å². The highest BCUT2D eigenvalue weighted by Gasteiger charge is 2.26. The fourth-order valence-corrected chi connectivity index (χ4v) is 4.58. The maximum atomic E-state index is 12.6. The number of ether oxygens (including phenoxy) is 1. The van der Waals surface area contributed by atoms with Crippen molar-refractivity contribution in [1.82, 2.24) is 4.31 Å². The van der Waals surface area contributed by atoms with Crippen molar-refractivity contribution < 1.29 is 17.9 Å². The van der Waals surface area contributed by atoms with E-state index in [2.05, 4.69) is 0 Å². The van der Waals surface area contributed by atoms with Crippen LogP contribution < -0.4 is 0 Å². The number of hydrogen-bond donors (Lipinski definition) is 0. The second-order valence-corrected chi connectivity index (χ2v) is 8.63. The van der Waals surface area contributed by atoms with E-state index >= 15 is 0 Å². The summed E-state index contributed by atoms with van der Waals surface area (Å²) in [6.07, 6.45) is 2.91. The lowest BCUT2D eigenvalue weighted by atomic mass is 10.1. The van der Waals surface area contributed by atoms with Crippen LogP contribution in [-0.2, 0) is 14.8 Å². The molecule has 1 heterocycles. The second kappa shape index (κ2) is 8.54. The highest BCUT2D eigenvalue weighted by molar-refractivity contribution is 7.89. The molecule has 1 aliphatic rings. The predicted molar refractivity (Wildman–Crippen MR) is 106 cm³/mol. The summed E-state index contributed by atoms with van der Waals surface area (Å²) < 4.78 is 31.8. The summed E-state index contributed by atoms with van der Waals surface area (Å²) in [5.41, 5.74) is 0.927. The van der Waals surface area contributed by atoms with E-state index in [1.54, 1.807) is 24.3 Å². The van der Waals surface area contributed by atoms with E-state index in [0.29, 0.717) is 47.5 Å². The van der Waals surface area contributed by atoms with E-state index in [1.165, 1.54) is 34.6 Å². The van der Waals surface area contributed by atoms with Gasteiger partial charge in [-0.25, -0.2) is 8.42 Å². The summed E-state index contributed by atoms with van der Waals surface area (Å²) >= 11 is 12.2. The Morgan fingerprint density at radius 2 is 1.59 bits per heavy atom. The van der Waals surface area contributed by atoms with Crippen LogP contribution in [0.15, 0.2) is 53.4 Å². The molecule has 0 radical (unpaired) electrons. The fraction of sp³-hybridized carbons (Fsp3) is 0.211. The van der Waals surface area contributed by atoms with Gasteiger partial charge in [-0.15, -0.1) is 0 Å². The van der Waals surface area contributed by atoms with E-state index in [1.807, 2.05) is 0 Å². The summed E-state index contributed by atoms with van der Waals surface area (Å²) in [6.45, 7) is 1.41. The average molecular weight is 426 g/mol. The maximum absolute atomic E-state index is 12.6. The molecule has 5 nitrogen and oxygen atoms in total. The number of halogens is 2. The molecule has 0 N–H and O–H groups in total. The standard InChI is InChI=1S/C19H17Cl2NO4S/c20-17-2-1-3-18(21)16(17)8-9-19(23)14-4-6-15(7-5-14)27(24,25)22-10-12-26-13-11-22/h1-9H,10-13H2/b9-8+. The first kappa shape index (κ1) is 20.0. The van der Waals surface area contributed by atoms with Crippen LogP contribution >= 0.6 is 23.2 Å². The maximum Gasteiger partial charge on any atom is 0.243 e. The molecule has 2 aromatic carbocycles. The van der Waals surface area contributed by atoms with Gasteiger partial charge in [0.2, 0.25) is 10.0 Å². The molecule has 2 aromatic rings. The molecule has 1 saturated heterocycles. The molecule has 8 heteroatoms. The number of morpholine rings is 1. The molecular weight excluding hydrogens is 409 g/mol. The quantitative estimate of drug-likeness (QED) is 0.537. The van der Waals surface area contributed by atoms with Gasteiger partial charge in [-0.1, -0.05) is 29.3 Å². The molecule has 0 spiro atoms. The Balaban J connectivity index is 1.77. The van der Waals surface area contributed by atoms with Crippen molar-refractivity contribution in [2.75, 3.05) is 26.3 Å². The van der Waals surface area contributed by atoms with E-state index in [-0.39, 0.29) is 10.7 Å². The number of allylic oxidation sites excluding steroid dienone is 1. The molecule has 0 atom stereocenters. The van der Waals surface area contributed by atoms with Crippen molar-refractivity contribution in [3.05, 3.63) is 69.7 Å². The lowest BCUT2D eigenvalue weighted by molar-refractivity contribution is 0.0730. The molecule has 1 fully saturated rings. The number of carbonyl (C=O) groups excluding carboxylic acids is 1. The van der Waals surface area contributed by atoms with Crippen LogP contribution in [0.2, 0.25) is 10.0 Å². The van der Waals surface area contributed by atoms with Gasteiger partial charge in [0.25, 0.3) is 0 Å². The number of sulfonamides is 1. The first-order valence-electron chi connectivity index (χ1n) is 8.24. The normalized spacial score (nSPS) is 15.9. The minimum absolute atomic E-state index is 0.152. The number of nitrogens with zero attached hydrogens (tertiary/aromatic N) is 1. The van der Waals surface area contributed by atoms with Crippen molar-refractivity contribution in [3.8, 4) is 0 Å². The van der Waals surface area contributed by atoms with E-state index in [4.69, 9.17) is 27.9 Å². The average Bonchev–Trinajstić information content (AvgIpc) is 2.68. The first-order chi connectivity index (χ1) is 12.9. The monoisotopic (exact) mass is 425 g/mol. The van der Waals surface area contributed by atoms with Gasteiger partial charge >= 0.3 is 0 Å². The highest BCUT2D eigenvalue weighted by Crippen LogP contribution is 2.26. The third-order valence-electron chi connectivity index (χ3n) is 4.15. The van der Waals surface area contributed by atoms with Crippen LogP contribution in [0.5, 0.6) is 0 Å². The zero-order chi connectivity index (χ0) is 19.4. The number of carbonyl (C=O) groups is 1. The molecule has 27 heavy (non-hydrogen) atoms. The van der Waals surface area contributed by atoms with Gasteiger partial charge in [0, 0.05) is 34.3 Å². The predicted octanol–water partition coefficient (Wildman–Crippen LogP) is 3.91. The molecule has 0 aliphatic carbocycles. The summed E-state index contributed by atoms with van der Waals surface area (Å²) in [4.78, 5) is 12.5. The van der Waals surface area contributed by atoms with Crippen molar-refractivity contribution in [2.45, 2.75) is 4.90 Å². The fourth-order valence-electron chi connectivity index (χ4n) is 2.65. The van der Waals surface area contributed by atoms with E-state index in [0.717, 1.165) is 0 Å². The highest BCUT2D eigenvalue weighted by atomic mass is 35.5. The minimum Gasteiger partial charge on any atom is -0.379 e. The summed E-state index contributed by atoms with van der Waals surface area (Å²) in [5, 5.41) is 0.886. The summed E-state index contributed by atoms with van der Waals surface area (Å²) in [6, 6.07) is 11.0. The Kier molecular flexibility index (Phi) is 6.34. The third-order valence-corrected chi connectivity index (χ3v) is 6.72. The Morgan fingerprint density at radius 3 is 2.19 bits per heavy atom. The molecule has 3 rings (SSSR count). The lowest BCUT2D eigenvalue weighted by Gasteiger charge is -2.26. The number of benzene rings is 2. The summed E-state index contributed by atoms with van der Waals surface area (Å²) in [5.74, 6) is -0.277. The topological polar surface area (TPSA) is 63.7 Å². The number of ketones is 1. The molecule has 0 unspecified atom stereocenters. The van der Waals surface area contributed by atoms with Crippen LogP contribution in [0, 0.1) is 0 Å². The number of rotatable bonds is 5. The van der Waals surface area contributed by atoms with Crippen LogP contribution in [0.3, 0.4) is 0 Å². The van der Waals surface area contributed by atoms with E-state index in [9.17, 15) is 13.2 Å². The van der Waals surface area contributed by atoms with Crippen molar-refractivity contribution in [1.29, 1.82) is 0 Å². The molecular formula is C19H17Cl2NO4S. The van der Waals surface area contributed by atoms with Gasteiger partial charge in [0.05, 0.1) is 18.1 Å². The van der Waals surface area contributed by atoms with Crippen LogP contribution in [0.1, 0.15) is 15.9 Å². The second-order valence-electron chi connectivity index (χ2n) is 5.87. The zero-order valence-corrected chi connectivity index (χ0v) is 16.6. The first-order valence-corrected chi connectivity index (χ1v) is 10.4. The molecule has 0 bridgehead atoms. The van der Waals surface area contributed by atoms with Gasteiger partial charge in [-0.3, -0.25) is 4.79 Å². The van der Waals surface area contributed by atoms with Crippen LogP contribution in [0.25, 0.3) is 6.08 Å². The largest absolute Gasteiger partial charge is 0.379 e.